The molecule has 7 nitrogen and oxygen atoms in total. The molecule has 0 saturated carbocycles. The van der Waals surface area contributed by atoms with E-state index in [-0.39, 0.29) is 20.9 Å². The van der Waals surface area contributed by atoms with Gasteiger partial charge in [-0.2, -0.15) is 4.98 Å². The number of rotatable bonds is 4. The molecule has 0 aliphatic rings. The molecule has 10 heteroatoms. The number of hydrogen-bond donors (Lipinski definition) is 1. The first-order valence-electron chi connectivity index (χ1n) is 5.50. The van der Waals surface area contributed by atoms with E-state index in [9.17, 15) is 16.8 Å². The van der Waals surface area contributed by atoms with Crippen LogP contribution in [0.1, 0.15) is 0 Å². The minimum Gasteiger partial charge on any atom is -0.263 e. The first-order chi connectivity index (χ1) is 9.68. The molecule has 1 heterocycles. The molecule has 0 atom stereocenters. The molecule has 0 amide bonds. The van der Waals surface area contributed by atoms with Gasteiger partial charge in [0.15, 0.2) is 9.84 Å². The van der Waals surface area contributed by atoms with Crippen LogP contribution >= 0.6 is 11.6 Å². The molecule has 0 saturated heterocycles. The zero-order chi connectivity index (χ0) is 15.7. The summed E-state index contributed by atoms with van der Waals surface area (Å²) < 4.78 is 49.1. The number of sulfone groups is 1. The van der Waals surface area contributed by atoms with Crippen molar-refractivity contribution in [2.24, 2.45) is 0 Å². The zero-order valence-electron chi connectivity index (χ0n) is 10.7. The van der Waals surface area contributed by atoms with Crippen LogP contribution in [0.4, 0.5) is 5.82 Å². The number of hydrogen-bond acceptors (Lipinski definition) is 6. The Balaban J connectivity index is 2.32. The van der Waals surface area contributed by atoms with Crippen LogP contribution in [0.2, 0.25) is 5.28 Å². The number of halogens is 1. The van der Waals surface area contributed by atoms with Gasteiger partial charge in [-0.3, -0.25) is 4.72 Å². The first kappa shape index (κ1) is 15.7. The van der Waals surface area contributed by atoms with Crippen molar-refractivity contribution in [2.45, 2.75) is 9.79 Å². The number of anilines is 1. The highest BCUT2D eigenvalue weighted by atomic mass is 35.5. The summed E-state index contributed by atoms with van der Waals surface area (Å²) in [6, 6.07) is 6.17. The van der Waals surface area contributed by atoms with E-state index in [1.165, 1.54) is 36.5 Å². The second kappa shape index (κ2) is 5.58. The van der Waals surface area contributed by atoms with Gasteiger partial charge in [0.1, 0.15) is 5.82 Å². The van der Waals surface area contributed by atoms with Crippen LogP contribution in [0.5, 0.6) is 0 Å². The second-order valence-corrected chi connectivity index (χ2v) is 8.10. The summed E-state index contributed by atoms with van der Waals surface area (Å²) in [6.45, 7) is 0. The number of aromatic nitrogens is 2. The summed E-state index contributed by atoms with van der Waals surface area (Å²) in [5.74, 6) is 0.0159. The van der Waals surface area contributed by atoms with Crippen LogP contribution < -0.4 is 4.72 Å². The normalized spacial score (nSPS) is 12.1. The Kier molecular flexibility index (Phi) is 4.17. The summed E-state index contributed by atoms with van der Waals surface area (Å²) in [6.07, 6.45) is 2.34. The maximum atomic E-state index is 12.1. The standard InChI is InChI=1S/C11H10ClN3O4S2/c1-20(16,17)8-2-4-9(5-3-8)21(18,19)15-10-6-7-13-11(12)14-10/h2-7H,1H3,(H,13,14,15). The van der Waals surface area contributed by atoms with E-state index in [1.54, 1.807) is 0 Å². The number of nitrogens with one attached hydrogen (secondary N) is 1. The molecule has 0 aliphatic heterocycles. The van der Waals surface area contributed by atoms with Gasteiger partial charge in [-0.15, -0.1) is 0 Å². The van der Waals surface area contributed by atoms with Crippen LogP contribution in [0.15, 0.2) is 46.3 Å². The molecule has 1 aromatic carbocycles. The fourth-order valence-electron chi connectivity index (χ4n) is 1.45. The smallest absolute Gasteiger partial charge is 0.263 e. The lowest BCUT2D eigenvalue weighted by Crippen LogP contribution is -2.14. The van der Waals surface area contributed by atoms with E-state index in [4.69, 9.17) is 11.6 Å². The van der Waals surface area contributed by atoms with Crippen molar-refractivity contribution < 1.29 is 16.8 Å². The fourth-order valence-corrected chi connectivity index (χ4v) is 3.23. The predicted molar refractivity (Wildman–Crippen MR) is 77.4 cm³/mol. The zero-order valence-corrected chi connectivity index (χ0v) is 13.1. The molecule has 0 unspecified atom stereocenters. The third-order valence-corrected chi connectivity index (χ3v) is 5.11. The maximum absolute atomic E-state index is 12.1. The Morgan fingerprint density at radius 2 is 1.57 bits per heavy atom. The van der Waals surface area contributed by atoms with E-state index < -0.39 is 19.9 Å². The molecule has 1 aromatic heterocycles. The van der Waals surface area contributed by atoms with Crippen LogP contribution in [-0.2, 0) is 19.9 Å². The van der Waals surface area contributed by atoms with Crippen LogP contribution in [0.25, 0.3) is 0 Å². The third kappa shape index (κ3) is 3.90. The summed E-state index contributed by atoms with van der Waals surface area (Å²) in [5.41, 5.74) is 0. The summed E-state index contributed by atoms with van der Waals surface area (Å²) in [4.78, 5) is 7.28. The van der Waals surface area contributed by atoms with Crippen LogP contribution in [0, 0.1) is 0 Å². The van der Waals surface area contributed by atoms with Crippen molar-refractivity contribution in [3.8, 4) is 0 Å². The van der Waals surface area contributed by atoms with Gasteiger partial charge in [0.25, 0.3) is 10.0 Å². The lowest BCUT2D eigenvalue weighted by atomic mass is 10.4. The van der Waals surface area contributed by atoms with E-state index in [0.717, 1.165) is 6.26 Å². The van der Waals surface area contributed by atoms with Crippen molar-refractivity contribution in [3.05, 3.63) is 41.8 Å². The molecule has 1 N–H and O–H groups in total. The summed E-state index contributed by atoms with van der Waals surface area (Å²) in [5, 5.41) is -0.0948. The van der Waals surface area contributed by atoms with Crippen LogP contribution in [0.3, 0.4) is 0 Å². The Morgan fingerprint density at radius 1 is 1.00 bits per heavy atom. The lowest BCUT2D eigenvalue weighted by molar-refractivity contribution is 0.597. The topological polar surface area (TPSA) is 106 Å². The lowest BCUT2D eigenvalue weighted by Gasteiger charge is -2.07. The van der Waals surface area contributed by atoms with Gasteiger partial charge < -0.3 is 0 Å². The Hall–Kier alpha value is -1.71. The SMILES string of the molecule is CS(=O)(=O)c1ccc(S(=O)(=O)Nc2ccnc(Cl)n2)cc1. The third-order valence-electron chi connectivity index (χ3n) is 2.43. The molecule has 2 aromatic rings. The Bertz CT molecular complexity index is 865. The molecule has 2 rings (SSSR count). The monoisotopic (exact) mass is 347 g/mol. The van der Waals surface area contributed by atoms with Gasteiger partial charge in [0.2, 0.25) is 5.28 Å². The highest BCUT2D eigenvalue weighted by Gasteiger charge is 2.16. The molecule has 21 heavy (non-hydrogen) atoms. The minimum atomic E-state index is -3.89. The number of benzene rings is 1. The first-order valence-corrected chi connectivity index (χ1v) is 9.25. The van der Waals surface area contributed by atoms with Crippen molar-refractivity contribution in [3.63, 3.8) is 0 Å². The summed E-state index contributed by atoms with van der Waals surface area (Å²) in [7, 11) is -7.27. The maximum Gasteiger partial charge on any atom is 0.263 e. The van der Waals surface area contributed by atoms with Crippen molar-refractivity contribution in [1.82, 2.24) is 9.97 Å². The number of nitrogens with zero attached hydrogens (tertiary/aromatic N) is 2. The molecule has 112 valence electrons. The summed E-state index contributed by atoms with van der Waals surface area (Å²) >= 11 is 5.57. The van der Waals surface area contributed by atoms with Crippen molar-refractivity contribution >= 4 is 37.3 Å². The average Bonchev–Trinajstić information content (AvgIpc) is 2.37. The highest BCUT2D eigenvalue weighted by molar-refractivity contribution is 7.92. The highest BCUT2D eigenvalue weighted by Crippen LogP contribution is 2.17. The quantitative estimate of drug-likeness (QED) is 0.836. The number of sulfonamides is 1. The largest absolute Gasteiger partial charge is 0.263 e. The Morgan fingerprint density at radius 3 is 2.10 bits per heavy atom. The molecule has 0 aliphatic carbocycles. The van der Waals surface area contributed by atoms with Crippen LogP contribution in [-0.4, -0.2) is 33.1 Å². The fraction of sp³-hybridized carbons (Fsp3) is 0.0909. The molecule has 0 spiro atoms. The van der Waals surface area contributed by atoms with E-state index in [0.29, 0.717) is 0 Å². The second-order valence-electron chi connectivity index (χ2n) is 4.06. The van der Waals surface area contributed by atoms with Gasteiger partial charge >= 0.3 is 0 Å². The molecular weight excluding hydrogens is 338 g/mol. The van der Waals surface area contributed by atoms with Gasteiger partial charge in [-0.1, -0.05) is 0 Å². The van der Waals surface area contributed by atoms with Crippen molar-refractivity contribution in [1.29, 1.82) is 0 Å². The van der Waals surface area contributed by atoms with Crippen molar-refractivity contribution in [2.75, 3.05) is 11.0 Å². The van der Waals surface area contributed by atoms with E-state index >= 15 is 0 Å². The van der Waals surface area contributed by atoms with E-state index in [2.05, 4.69) is 14.7 Å². The Labute approximate surface area is 127 Å². The predicted octanol–water partition coefficient (Wildman–Crippen LogP) is 1.33. The van der Waals surface area contributed by atoms with Gasteiger partial charge in [0.05, 0.1) is 9.79 Å². The van der Waals surface area contributed by atoms with E-state index in [1.807, 2.05) is 0 Å². The molecule has 0 radical (unpaired) electrons. The van der Waals surface area contributed by atoms with Gasteiger partial charge in [-0.25, -0.2) is 21.8 Å². The average molecular weight is 348 g/mol. The van der Waals surface area contributed by atoms with Gasteiger partial charge in [0, 0.05) is 12.5 Å². The van der Waals surface area contributed by atoms with Gasteiger partial charge in [-0.05, 0) is 41.9 Å². The molecule has 0 fully saturated rings. The minimum absolute atomic E-state index is 0.0159. The molecule has 0 bridgehead atoms. The molecular formula is C11H10ClN3O4S2.